The maximum Gasteiger partial charge on any atom is 0.239 e. The predicted molar refractivity (Wildman–Crippen MR) is 156 cm³/mol. The van der Waals surface area contributed by atoms with Gasteiger partial charge < -0.3 is 20.9 Å². The van der Waals surface area contributed by atoms with Crippen molar-refractivity contribution in [2.75, 3.05) is 29.4 Å². The minimum absolute atomic E-state index is 0. The lowest BCUT2D eigenvalue weighted by Crippen LogP contribution is -2.38. The fraction of sp³-hybridized carbons (Fsp3) is 0.300. The molecule has 4 N–H and O–H groups in total. The normalized spacial score (nSPS) is 12.2. The fourth-order valence-electron chi connectivity index (χ4n) is 4.75. The Morgan fingerprint density at radius 1 is 1.03 bits per heavy atom. The third-order valence-corrected chi connectivity index (χ3v) is 6.67. The van der Waals surface area contributed by atoms with Crippen molar-refractivity contribution in [2.45, 2.75) is 39.2 Å². The van der Waals surface area contributed by atoms with Crippen molar-refractivity contribution in [3.8, 4) is 0 Å². The molecule has 7 nitrogen and oxygen atoms in total. The molecule has 0 saturated carbocycles. The largest absolute Gasteiger partial charge is 0.384 e. The first-order chi connectivity index (χ1) is 17.9. The monoisotopic (exact) mass is 533 g/mol. The number of nitrogen functional groups attached to an aromatic ring is 1. The van der Waals surface area contributed by atoms with Gasteiger partial charge in [0.25, 0.3) is 0 Å². The highest BCUT2D eigenvalue weighted by molar-refractivity contribution is 5.96. The van der Waals surface area contributed by atoms with Gasteiger partial charge in [0.1, 0.15) is 5.84 Å². The number of aryl methyl sites for hydroxylation is 2. The molecular weight excluding hydrogens is 498 g/mol. The van der Waals surface area contributed by atoms with Gasteiger partial charge in [-0.3, -0.25) is 15.0 Å². The standard InChI is InChI=1S/C30H35N5O2.ClH/c1-2-33-28(36)21-34(20-23-7-4-3-5-8-23)26-15-16-27-25(19-26)9-6-18-35(27)29(37)17-12-22-10-13-24(14-11-22)30(31)32;/h3-5,7-8,10-11,13-16,19H,2,6,9,12,17-18,20-21H2,1H3,(H3,31,32)(H,33,36);1H. The first-order valence-corrected chi connectivity index (χ1v) is 12.9. The minimum Gasteiger partial charge on any atom is -0.384 e. The number of amidine groups is 1. The Labute approximate surface area is 230 Å². The first kappa shape index (κ1) is 28.7. The third-order valence-electron chi connectivity index (χ3n) is 6.67. The number of halogens is 1. The van der Waals surface area contributed by atoms with Crippen molar-refractivity contribution in [1.82, 2.24) is 5.32 Å². The van der Waals surface area contributed by atoms with Crippen LogP contribution in [0.25, 0.3) is 0 Å². The Morgan fingerprint density at radius 3 is 2.45 bits per heavy atom. The van der Waals surface area contributed by atoms with E-state index in [0.29, 0.717) is 38.0 Å². The summed E-state index contributed by atoms with van der Waals surface area (Å²) in [6.45, 7) is 4.13. The molecule has 3 aromatic rings. The molecule has 0 aliphatic carbocycles. The van der Waals surface area contributed by atoms with E-state index in [2.05, 4.69) is 28.4 Å². The summed E-state index contributed by atoms with van der Waals surface area (Å²) in [5, 5.41) is 10.4. The lowest BCUT2D eigenvalue weighted by molar-refractivity contribution is -0.120. The van der Waals surface area contributed by atoms with E-state index in [-0.39, 0.29) is 36.6 Å². The van der Waals surface area contributed by atoms with Crippen molar-refractivity contribution < 1.29 is 9.59 Å². The molecule has 1 heterocycles. The second-order valence-electron chi connectivity index (χ2n) is 9.37. The van der Waals surface area contributed by atoms with Crippen LogP contribution in [-0.2, 0) is 29.0 Å². The molecule has 0 atom stereocenters. The van der Waals surface area contributed by atoms with Crippen LogP contribution in [0.4, 0.5) is 11.4 Å². The molecular formula is C30H36ClN5O2. The molecule has 0 fully saturated rings. The van der Waals surface area contributed by atoms with Gasteiger partial charge in [0.15, 0.2) is 0 Å². The molecule has 0 radical (unpaired) electrons. The van der Waals surface area contributed by atoms with E-state index in [1.807, 2.05) is 66.4 Å². The third kappa shape index (κ3) is 7.35. The molecule has 3 aromatic carbocycles. The number of nitrogens with zero attached hydrogens (tertiary/aromatic N) is 2. The summed E-state index contributed by atoms with van der Waals surface area (Å²) >= 11 is 0. The average Bonchev–Trinajstić information content (AvgIpc) is 2.91. The zero-order valence-electron chi connectivity index (χ0n) is 21.8. The number of hydrogen-bond acceptors (Lipinski definition) is 4. The summed E-state index contributed by atoms with van der Waals surface area (Å²) in [6.07, 6.45) is 2.86. The van der Waals surface area contributed by atoms with Gasteiger partial charge >= 0.3 is 0 Å². The molecule has 0 aromatic heterocycles. The van der Waals surface area contributed by atoms with E-state index in [4.69, 9.17) is 11.1 Å². The number of rotatable bonds is 10. The Balaban J connectivity index is 0.00000400. The lowest BCUT2D eigenvalue weighted by atomic mass is 9.99. The van der Waals surface area contributed by atoms with Gasteiger partial charge in [-0.1, -0.05) is 54.6 Å². The number of hydrogen-bond donors (Lipinski definition) is 3. The molecule has 4 rings (SSSR count). The zero-order chi connectivity index (χ0) is 26.2. The van der Waals surface area contributed by atoms with Crippen LogP contribution in [0.5, 0.6) is 0 Å². The number of likely N-dealkylation sites (N-methyl/N-ethyl adjacent to an activating group) is 1. The topological polar surface area (TPSA) is 103 Å². The maximum atomic E-state index is 13.2. The Morgan fingerprint density at radius 2 is 1.76 bits per heavy atom. The van der Waals surface area contributed by atoms with Crippen LogP contribution in [0.15, 0.2) is 72.8 Å². The van der Waals surface area contributed by atoms with Gasteiger partial charge in [-0.15, -0.1) is 12.4 Å². The SMILES string of the molecule is CCNC(=O)CN(Cc1ccccc1)c1ccc2c(c1)CCCN2C(=O)CCc1ccc(C(=N)N)cc1.Cl. The van der Waals surface area contributed by atoms with Gasteiger partial charge in [0.2, 0.25) is 11.8 Å². The van der Waals surface area contributed by atoms with Crippen molar-refractivity contribution in [2.24, 2.45) is 5.73 Å². The summed E-state index contributed by atoms with van der Waals surface area (Å²) in [5.74, 6) is 0.136. The van der Waals surface area contributed by atoms with E-state index in [1.54, 1.807) is 0 Å². The Hall–Kier alpha value is -3.84. The first-order valence-electron chi connectivity index (χ1n) is 12.9. The number of amides is 2. The van der Waals surface area contributed by atoms with Crippen LogP contribution in [0.1, 0.15) is 42.0 Å². The van der Waals surface area contributed by atoms with Gasteiger partial charge in [-0.05, 0) is 61.1 Å². The van der Waals surface area contributed by atoms with E-state index < -0.39 is 0 Å². The molecule has 1 aliphatic heterocycles. The van der Waals surface area contributed by atoms with Crippen molar-refractivity contribution in [3.63, 3.8) is 0 Å². The highest BCUT2D eigenvalue weighted by Gasteiger charge is 2.24. The minimum atomic E-state index is -0.00992. The number of carbonyl (C=O) groups excluding carboxylic acids is 2. The van der Waals surface area contributed by atoms with E-state index in [0.717, 1.165) is 40.9 Å². The molecule has 0 saturated heterocycles. The number of carbonyl (C=O) groups is 2. The van der Waals surface area contributed by atoms with Gasteiger partial charge in [0.05, 0.1) is 6.54 Å². The van der Waals surface area contributed by atoms with Crippen molar-refractivity contribution in [3.05, 3.63) is 95.1 Å². The summed E-state index contributed by atoms with van der Waals surface area (Å²) in [5.41, 5.74) is 11.5. The number of nitrogens with two attached hydrogens (primary N) is 1. The summed E-state index contributed by atoms with van der Waals surface area (Å²) in [4.78, 5) is 29.7. The second kappa shape index (κ2) is 13.6. The quantitative estimate of drug-likeness (QED) is 0.265. The molecule has 0 spiro atoms. The number of fused-ring (bicyclic) bond motifs is 1. The average molecular weight is 534 g/mol. The number of benzene rings is 3. The van der Waals surface area contributed by atoms with Crippen LogP contribution >= 0.6 is 12.4 Å². The molecule has 0 bridgehead atoms. The molecule has 0 unspecified atom stereocenters. The Kier molecular flexibility index (Phi) is 10.3. The maximum absolute atomic E-state index is 13.2. The molecule has 38 heavy (non-hydrogen) atoms. The van der Waals surface area contributed by atoms with E-state index in [1.165, 1.54) is 0 Å². The van der Waals surface area contributed by atoms with Crippen LogP contribution in [0.2, 0.25) is 0 Å². The van der Waals surface area contributed by atoms with Crippen LogP contribution < -0.4 is 20.9 Å². The highest BCUT2D eigenvalue weighted by Crippen LogP contribution is 2.32. The summed E-state index contributed by atoms with van der Waals surface area (Å²) in [6, 6.07) is 23.8. The fourth-order valence-corrected chi connectivity index (χ4v) is 4.75. The predicted octanol–water partition coefficient (Wildman–Crippen LogP) is 4.45. The van der Waals surface area contributed by atoms with Gasteiger partial charge in [0, 0.05) is 43.0 Å². The van der Waals surface area contributed by atoms with Gasteiger partial charge in [-0.25, -0.2) is 0 Å². The molecule has 200 valence electrons. The Bertz CT molecular complexity index is 1250. The zero-order valence-corrected chi connectivity index (χ0v) is 22.6. The van der Waals surface area contributed by atoms with Crippen LogP contribution in [-0.4, -0.2) is 37.3 Å². The van der Waals surface area contributed by atoms with Crippen molar-refractivity contribution >= 4 is 41.4 Å². The molecule has 1 aliphatic rings. The van der Waals surface area contributed by atoms with Crippen molar-refractivity contribution in [1.29, 1.82) is 5.41 Å². The molecule has 2 amide bonds. The highest BCUT2D eigenvalue weighted by atomic mass is 35.5. The molecule has 8 heteroatoms. The summed E-state index contributed by atoms with van der Waals surface area (Å²) < 4.78 is 0. The summed E-state index contributed by atoms with van der Waals surface area (Å²) in [7, 11) is 0. The smallest absolute Gasteiger partial charge is 0.239 e. The van der Waals surface area contributed by atoms with E-state index >= 15 is 0 Å². The van der Waals surface area contributed by atoms with Gasteiger partial charge in [-0.2, -0.15) is 0 Å². The van der Waals surface area contributed by atoms with Crippen LogP contribution in [0, 0.1) is 5.41 Å². The lowest BCUT2D eigenvalue weighted by Gasteiger charge is -2.32. The number of anilines is 2. The van der Waals surface area contributed by atoms with Crippen LogP contribution in [0.3, 0.4) is 0 Å². The number of nitrogens with one attached hydrogen (secondary N) is 2. The second-order valence-corrected chi connectivity index (χ2v) is 9.37. The van der Waals surface area contributed by atoms with E-state index in [9.17, 15) is 9.59 Å².